The molecule has 7 nitrogen and oxygen atoms in total. The summed E-state index contributed by atoms with van der Waals surface area (Å²) in [7, 11) is 0. The fourth-order valence-corrected chi connectivity index (χ4v) is 2.48. The maximum absolute atomic E-state index is 12.1. The second-order valence-corrected chi connectivity index (χ2v) is 6.14. The highest BCUT2D eigenvalue weighted by atomic mass is 35.5. The van der Waals surface area contributed by atoms with Gasteiger partial charge in [0.2, 0.25) is 0 Å². The Morgan fingerprint density at radius 1 is 1.19 bits per heavy atom. The Morgan fingerprint density at radius 2 is 1.88 bits per heavy atom. The number of furan rings is 1. The summed E-state index contributed by atoms with van der Waals surface area (Å²) < 4.78 is 9.95. The molecule has 1 aromatic carbocycles. The molecule has 0 aliphatic carbocycles. The monoisotopic (exact) mass is 398 g/mol. The Labute approximate surface area is 159 Å². The van der Waals surface area contributed by atoms with Crippen LogP contribution in [0.5, 0.6) is 0 Å². The summed E-state index contributed by atoms with van der Waals surface area (Å²) in [6, 6.07) is 7.64. The summed E-state index contributed by atoms with van der Waals surface area (Å²) in [5, 5.41) is 5.79. The largest absolute Gasteiger partial charge is 0.459 e. The minimum Gasteiger partial charge on any atom is -0.459 e. The van der Waals surface area contributed by atoms with Crippen molar-refractivity contribution in [2.24, 2.45) is 0 Å². The smallest absolute Gasteiger partial charge is 0.308 e. The van der Waals surface area contributed by atoms with Crippen LogP contribution in [0, 0.1) is 0 Å². The normalized spacial score (nSPS) is 11.5. The van der Waals surface area contributed by atoms with Crippen LogP contribution in [0.15, 0.2) is 41.0 Å². The lowest BCUT2D eigenvalue weighted by Gasteiger charge is -2.14. The highest BCUT2D eigenvalue weighted by Gasteiger charge is 2.18. The summed E-state index contributed by atoms with van der Waals surface area (Å²) >= 11 is 11.7. The molecule has 0 spiro atoms. The summed E-state index contributed by atoms with van der Waals surface area (Å²) in [5.41, 5.74) is 0.390. The standard InChI is InChI=1S/C17H16Cl2N2O5/c1-10(16(23)21-13-8-11(18)7-12(19)9-13)26-15(22)4-5-20-17(24)14-3-2-6-25-14/h2-3,6-10H,4-5H2,1H3,(H,20,24)(H,21,23)/t10-/m1/s1. The van der Waals surface area contributed by atoms with E-state index in [0.29, 0.717) is 15.7 Å². The Bertz CT molecular complexity index is 772. The first-order chi connectivity index (χ1) is 12.3. The fourth-order valence-electron chi connectivity index (χ4n) is 1.95. The maximum atomic E-state index is 12.1. The molecule has 26 heavy (non-hydrogen) atoms. The number of carbonyl (C=O) groups is 3. The van der Waals surface area contributed by atoms with Crippen molar-refractivity contribution in [2.45, 2.75) is 19.4 Å². The second-order valence-electron chi connectivity index (χ2n) is 5.26. The highest BCUT2D eigenvalue weighted by Crippen LogP contribution is 2.22. The van der Waals surface area contributed by atoms with Crippen LogP contribution in [-0.2, 0) is 14.3 Å². The van der Waals surface area contributed by atoms with Gasteiger partial charge in [-0.2, -0.15) is 0 Å². The van der Waals surface area contributed by atoms with E-state index in [-0.39, 0.29) is 18.7 Å². The predicted octanol–water partition coefficient (Wildman–Crippen LogP) is 3.28. The molecule has 2 rings (SSSR count). The molecule has 0 radical (unpaired) electrons. The Morgan fingerprint density at radius 3 is 2.50 bits per heavy atom. The molecule has 0 aliphatic rings. The van der Waals surface area contributed by atoms with E-state index in [4.69, 9.17) is 32.4 Å². The lowest BCUT2D eigenvalue weighted by molar-refractivity contribution is -0.153. The first-order valence-electron chi connectivity index (χ1n) is 7.63. The molecule has 9 heteroatoms. The molecule has 0 aliphatic heterocycles. The van der Waals surface area contributed by atoms with Crippen molar-refractivity contribution in [3.05, 3.63) is 52.4 Å². The molecule has 2 N–H and O–H groups in total. The predicted molar refractivity (Wildman–Crippen MR) is 96.3 cm³/mol. The lowest BCUT2D eigenvalue weighted by atomic mass is 10.3. The minimum atomic E-state index is -1.03. The van der Waals surface area contributed by atoms with Gasteiger partial charge < -0.3 is 19.8 Å². The number of halogens is 2. The lowest BCUT2D eigenvalue weighted by Crippen LogP contribution is -2.32. The van der Waals surface area contributed by atoms with Crippen molar-refractivity contribution in [2.75, 3.05) is 11.9 Å². The Balaban J connectivity index is 1.75. The van der Waals surface area contributed by atoms with Gasteiger partial charge in [-0.25, -0.2) is 0 Å². The van der Waals surface area contributed by atoms with Gasteiger partial charge in [0.1, 0.15) is 0 Å². The van der Waals surface area contributed by atoms with E-state index in [2.05, 4.69) is 10.6 Å². The van der Waals surface area contributed by atoms with Crippen LogP contribution in [0.2, 0.25) is 10.0 Å². The van der Waals surface area contributed by atoms with Gasteiger partial charge in [0.05, 0.1) is 12.7 Å². The summed E-state index contributed by atoms with van der Waals surface area (Å²) in [6.45, 7) is 1.48. The van der Waals surface area contributed by atoms with Gasteiger partial charge in [-0.3, -0.25) is 14.4 Å². The average Bonchev–Trinajstić information content (AvgIpc) is 3.08. The van der Waals surface area contributed by atoms with E-state index in [1.54, 1.807) is 6.07 Å². The zero-order valence-electron chi connectivity index (χ0n) is 13.8. The number of amides is 2. The van der Waals surface area contributed by atoms with Gasteiger partial charge >= 0.3 is 5.97 Å². The molecular weight excluding hydrogens is 383 g/mol. The van der Waals surface area contributed by atoms with Crippen LogP contribution in [0.4, 0.5) is 5.69 Å². The zero-order chi connectivity index (χ0) is 19.1. The van der Waals surface area contributed by atoms with Crippen molar-refractivity contribution < 1.29 is 23.5 Å². The van der Waals surface area contributed by atoms with Crippen molar-refractivity contribution in [1.82, 2.24) is 5.32 Å². The minimum absolute atomic E-state index is 0.0522. The quantitative estimate of drug-likeness (QED) is 0.697. The van der Waals surface area contributed by atoms with Gasteiger partial charge in [0.25, 0.3) is 11.8 Å². The number of anilines is 1. The number of nitrogens with one attached hydrogen (secondary N) is 2. The van der Waals surface area contributed by atoms with Crippen LogP contribution in [0.25, 0.3) is 0 Å². The molecule has 0 fully saturated rings. The van der Waals surface area contributed by atoms with Gasteiger partial charge in [-0.05, 0) is 37.3 Å². The zero-order valence-corrected chi connectivity index (χ0v) is 15.3. The second kappa shape index (κ2) is 9.26. The highest BCUT2D eigenvalue weighted by molar-refractivity contribution is 6.35. The Hall–Kier alpha value is -2.51. The number of rotatable bonds is 7. The van der Waals surface area contributed by atoms with Crippen LogP contribution in [0.1, 0.15) is 23.9 Å². The third kappa shape index (κ3) is 6.09. The van der Waals surface area contributed by atoms with Crippen molar-refractivity contribution >= 4 is 46.7 Å². The molecule has 0 saturated carbocycles. The molecular formula is C17H16Cl2N2O5. The number of benzene rings is 1. The third-order valence-corrected chi connectivity index (χ3v) is 3.60. The number of hydrogen-bond acceptors (Lipinski definition) is 5. The number of esters is 1. The molecule has 0 bridgehead atoms. The van der Waals surface area contributed by atoms with Crippen molar-refractivity contribution in [3.63, 3.8) is 0 Å². The van der Waals surface area contributed by atoms with E-state index in [0.717, 1.165) is 0 Å². The first kappa shape index (κ1) is 19.8. The average molecular weight is 399 g/mol. The third-order valence-electron chi connectivity index (χ3n) is 3.17. The van der Waals surface area contributed by atoms with E-state index in [1.807, 2.05) is 0 Å². The molecule has 1 atom stereocenters. The molecule has 2 aromatic rings. The van der Waals surface area contributed by atoms with Crippen LogP contribution < -0.4 is 10.6 Å². The number of hydrogen-bond donors (Lipinski definition) is 2. The van der Waals surface area contributed by atoms with Gasteiger partial charge in [0, 0.05) is 22.3 Å². The summed E-state index contributed by atoms with van der Waals surface area (Å²) in [5.74, 6) is -1.45. The van der Waals surface area contributed by atoms with Gasteiger partial charge in [-0.15, -0.1) is 0 Å². The van der Waals surface area contributed by atoms with Crippen molar-refractivity contribution in [1.29, 1.82) is 0 Å². The van der Waals surface area contributed by atoms with Gasteiger partial charge in [-0.1, -0.05) is 23.2 Å². The van der Waals surface area contributed by atoms with Crippen molar-refractivity contribution in [3.8, 4) is 0 Å². The molecule has 0 saturated heterocycles. The van der Waals surface area contributed by atoms with Gasteiger partial charge in [0.15, 0.2) is 11.9 Å². The molecule has 1 aromatic heterocycles. The molecule has 1 heterocycles. The van der Waals surface area contributed by atoms with E-state index < -0.39 is 23.9 Å². The fraction of sp³-hybridized carbons (Fsp3) is 0.235. The van der Waals surface area contributed by atoms with E-state index >= 15 is 0 Å². The maximum Gasteiger partial charge on any atom is 0.308 e. The molecule has 138 valence electrons. The molecule has 0 unspecified atom stereocenters. The first-order valence-corrected chi connectivity index (χ1v) is 8.39. The Kier molecular flexibility index (Phi) is 7.06. The van der Waals surface area contributed by atoms with E-state index in [9.17, 15) is 14.4 Å². The van der Waals surface area contributed by atoms with E-state index in [1.165, 1.54) is 37.5 Å². The van der Waals surface area contributed by atoms with Crippen LogP contribution in [0.3, 0.4) is 0 Å². The number of carbonyl (C=O) groups excluding carboxylic acids is 3. The topological polar surface area (TPSA) is 97.6 Å². The summed E-state index contributed by atoms with van der Waals surface area (Å²) in [4.78, 5) is 35.5. The SMILES string of the molecule is C[C@@H](OC(=O)CCNC(=O)c1ccco1)C(=O)Nc1cc(Cl)cc(Cl)c1. The molecule has 2 amide bonds. The summed E-state index contributed by atoms with van der Waals surface area (Å²) in [6.07, 6.45) is 0.255. The number of ether oxygens (including phenoxy) is 1. The van der Waals surface area contributed by atoms with Crippen LogP contribution in [-0.4, -0.2) is 30.4 Å². The van der Waals surface area contributed by atoms with Crippen LogP contribution >= 0.6 is 23.2 Å².